The van der Waals surface area contributed by atoms with Crippen LogP contribution in [0.25, 0.3) is 28.1 Å². The van der Waals surface area contributed by atoms with Crippen molar-refractivity contribution < 1.29 is 4.79 Å². The molecule has 4 rings (SSSR count). The molecule has 2 aromatic rings. The summed E-state index contributed by atoms with van der Waals surface area (Å²) in [7, 11) is 0. The van der Waals surface area contributed by atoms with Crippen LogP contribution in [0.15, 0.2) is 41.6 Å². The predicted molar refractivity (Wildman–Crippen MR) is 91.0 cm³/mol. The van der Waals surface area contributed by atoms with Gasteiger partial charge in [0, 0.05) is 18.4 Å². The molecule has 0 radical (unpaired) electrons. The maximum atomic E-state index is 12.6. The van der Waals surface area contributed by atoms with Gasteiger partial charge in [-0.2, -0.15) is 19.6 Å². The van der Waals surface area contributed by atoms with Crippen LogP contribution < -0.4 is 10.9 Å². The Morgan fingerprint density at radius 2 is 2.16 bits per heavy atom. The van der Waals surface area contributed by atoms with Gasteiger partial charge in [0.15, 0.2) is 5.82 Å². The van der Waals surface area contributed by atoms with E-state index in [4.69, 9.17) is 0 Å². The maximum Gasteiger partial charge on any atom is 0.344 e. The van der Waals surface area contributed by atoms with E-state index in [0.717, 1.165) is 0 Å². The van der Waals surface area contributed by atoms with Crippen LogP contribution in [0.4, 0.5) is 4.79 Å². The van der Waals surface area contributed by atoms with E-state index in [1.54, 1.807) is 24.4 Å². The number of pyridine rings is 2. The monoisotopic (exact) mass is 337 g/mol. The largest absolute Gasteiger partial charge is 0.345 e. The third kappa shape index (κ3) is 2.36. The molecule has 0 atom stereocenters. The molecular formula is C16H15N7O2. The van der Waals surface area contributed by atoms with Crippen molar-refractivity contribution in [2.45, 2.75) is 19.9 Å². The van der Waals surface area contributed by atoms with E-state index in [2.05, 4.69) is 25.5 Å². The zero-order valence-electron chi connectivity index (χ0n) is 13.6. The quantitative estimate of drug-likeness (QED) is 0.574. The molecule has 25 heavy (non-hydrogen) atoms. The van der Waals surface area contributed by atoms with Gasteiger partial charge in [0.05, 0.1) is 17.1 Å². The summed E-state index contributed by atoms with van der Waals surface area (Å²) in [5.74, 6) is 0.432. The van der Waals surface area contributed by atoms with Gasteiger partial charge in [0.2, 0.25) is 0 Å². The minimum atomic E-state index is -0.355. The number of hydrogen-bond donors (Lipinski definition) is 2. The lowest BCUT2D eigenvalue weighted by atomic mass is 10.2. The second kappa shape index (κ2) is 5.55. The molecule has 2 aliphatic rings. The molecule has 0 aliphatic carbocycles. The molecule has 1 amide bonds. The Bertz CT molecular complexity index is 1090. The van der Waals surface area contributed by atoms with E-state index in [0.29, 0.717) is 28.1 Å². The molecule has 126 valence electrons. The molecule has 9 heteroatoms. The van der Waals surface area contributed by atoms with Crippen LogP contribution in [-0.2, 0) is 0 Å². The number of nitrogens with zero attached hydrogens (tertiary/aromatic N) is 5. The minimum absolute atomic E-state index is 0.0212. The van der Waals surface area contributed by atoms with Gasteiger partial charge in [0.1, 0.15) is 11.3 Å². The maximum absolute atomic E-state index is 12.6. The van der Waals surface area contributed by atoms with E-state index < -0.39 is 0 Å². The third-order valence-electron chi connectivity index (χ3n) is 3.73. The summed E-state index contributed by atoms with van der Waals surface area (Å²) in [6, 6.07) is 4.87. The van der Waals surface area contributed by atoms with Crippen LogP contribution >= 0.6 is 0 Å². The number of carbonyl (C=O) groups is 1. The van der Waals surface area contributed by atoms with E-state index in [1.165, 1.54) is 21.8 Å². The Hall–Kier alpha value is -3.49. The molecule has 0 unspecified atom stereocenters. The molecule has 4 heterocycles. The van der Waals surface area contributed by atoms with Crippen LogP contribution in [0.2, 0.25) is 0 Å². The summed E-state index contributed by atoms with van der Waals surface area (Å²) in [5.41, 5.74) is 1.05. The predicted octanol–water partition coefficient (Wildman–Crippen LogP) is 1.38. The molecule has 0 bridgehead atoms. The standard InChI is InChI=1S/C16H15N7O2/c1-9(2)20-16(25)23-14-10(8-19-23)13-11(7-18-14)15(24)22(21-13)12-5-3-4-6-17-12/h3-9,18H,1-2H3,(H,20,25). The first kappa shape index (κ1) is 15.1. The second-order valence-electron chi connectivity index (χ2n) is 5.88. The summed E-state index contributed by atoms with van der Waals surface area (Å²) >= 11 is 0. The first-order valence-corrected chi connectivity index (χ1v) is 7.76. The molecule has 9 nitrogen and oxygen atoms in total. The summed E-state index contributed by atoms with van der Waals surface area (Å²) in [6.45, 7) is 3.73. The normalized spacial score (nSPS) is 11.5. The molecule has 2 aliphatic heterocycles. The Labute approximate surface area is 141 Å². The zero-order valence-corrected chi connectivity index (χ0v) is 13.6. The number of carbonyl (C=O) groups excluding carboxylic acids is 1. The van der Waals surface area contributed by atoms with Gasteiger partial charge in [-0.3, -0.25) is 4.79 Å². The van der Waals surface area contributed by atoms with Crippen molar-refractivity contribution in [3.8, 4) is 17.1 Å². The van der Waals surface area contributed by atoms with Gasteiger partial charge < -0.3 is 10.3 Å². The van der Waals surface area contributed by atoms with Crippen LogP contribution in [0.3, 0.4) is 0 Å². The van der Waals surface area contributed by atoms with Gasteiger partial charge in [-0.1, -0.05) is 6.07 Å². The fraction of sp³-hybridized carbons (Fsp3) is 0.188. The van der Waals surface area contributed by atoms with Gasteiger partial charge in [-0.05, 0) is 26.0 Å². The van der Waals surface area contributed by atoms with Gasteiger partial charge in [-0.25, -0.2) is 9.78 Å². The molecule has 2 N–H and O–H groups in total. The van der Waals surface area contributed by atoms with E-state index in [1.807, 2.05) is 13.8 Å². The Morgan fingerprint density at radius 1 is 1.32 bits per heavy atom. The van der Waals surface area contributed by atoms with Crippen molar-refractivity contribution in [2.75, 3.05) is 0 Å². The first-order chi connectivity index (χ1) is 12.1. The molecular weight excluding hydrogens is 322 g/mol. The number of fused-ring (bicyclic) bond motifs is 3. The van der Waals surface area contributed by atoms with Crippen molar-refractivity contribution in [3.63, 3.8) is 0 Å². The minimum Gasteiger partial charge on any atom is -0.345 e. The molecule has 0 saturated heterocycles. The fourth-order valence-electron chi connectivity index (χ4n) is 2.64. The number of aromatic nitrogens is 6. The zero-order chi connectivity index (χ0) is 17.6. The number of amides is 1. The van der Waals surface area contributed by atoms with Crippen molar-refractivity contribution >= 4 is 17.1 Å². The Kier molecular flexibility index (Phi) is 3.34. The summed E-state index contributed by atoms with van der Waals surface area (Å²) in [5, 5.41) is 11.9. The Balaban J connectivity index is 1.91. The molecule has 2 aromatic heterocycles. The van der Waals surface area contributed by atoms with Crippen LogP contribution in [0.5, 0.6) is 0 Å². The third-order valence-corrected chi connectivity index (χ3v) is 3.73. The first-order valence-electron chi connectivity index (χ1n) is 7.76. The fourth-order valence-corrected chi connectivity index (χ4v) is 2.64. The summed E-state index contributed by atoms with van der Waals surface area (Å²) in [6.07, 6.45) is 4.65. The molecule has 0 fully saturated rings. The highest BCUT2D eigenvalue weighted by atomic mass is 16.2. The summed E-state index contributed by atoms with van der Waals surface area (Å²) < 4.78 is 2.46. The van der Waals surface area contributed by atoms with Crippen LogP contribution in [0.1, 0.15) is 13.8 Å². The number of rotatable bonds is 2. The average Bonchev–Trinajstić information content (AvgIpc) is 3.16. The molecule has 0 saturated carbocycles. The lowest BCUT2D eigenvalue weighted by Crippen LogP contribution is -2.34. The van der Waals surface area contributed by atoms with Gasteiger partial charge >= 0.3 is 6.03 Å². The smallest absolute Gasteiger partial charge is 0.344 e. The van der Waals surface area contributed by atoms with Gasteiger partial charge in [-0.15, -0.1) is 0 Å². The molecule has 0 aromatic carbocycles. The highest BCUT2D eigenvalue weighted by molar-refractivity contribution is 5.95. The van der Waals surface area contributed by atoms with E-state index in [9.17, 15) is 9.59 Å². The van der Waals surface area contributed by atoms with Crippen molar-refractivity contribution in [1.82, 2.24) is 34.8 Å². The Morgan fingerprint density at radius 3 is 2.88 bits per heavy atom. The highest BCUT2D eigenvalue weighted by Gasteiger charge is 2.22. The SMILES string of the molecule is CC(C)NC(=O)n1ncc2c3nn(-c4ccccn4)c(=O)c-3c[nH]c21. The average molecular weight is 337 g/mol. The molecule has 0 spiro atoms. The highest BCUT2D eigenvalue weighted by Crippen LogP contribution is 2.25. The van der Waals surface area contributed by atoms with Gasteiger partial charge in [0.25, 0.3) is 5.56 Å². The number of nitrogens with one attached hydrogen (secondary N) is 2. The topological polar surface area (TPSA) is 110 Å². The van der Waals surface area contributed by atoms with Crippen molar-refractivity contribution in [2.24, 2.45) is 0 Å². The van der Waals surface area contributed by atoms with Crippen LogP contribution in [-0.4, -0.2) is 41.6 Å². The van der Waals surface area contributed by atoms with Crippen molar-refractivity contribution in [3.05, 3.63) is 47.1 Å². The van der Waals surface area contributed by atoms with E-state index >= 15 is 0 Å². The lowest BCUT2D eigenvalue weighted by Gasteiger charge is -2.08. The number of hydrogen-bond acceptors (Lipinski definition) is 5. The second-order valence-corrected chi connectivity index (χ2v) is 5.88. The van der Waals surface area contributed by atoms with Crippen LogP contribution in [0, 0.1) is 0 Å². The summed E-state index contributed by atoms with van der Waals surface area (Å²) in [4.78, 5) is 31.9. The lowest BCUT2D eigenvalue weighted by molar-refractivity contribution is 0.238. The van der Waals surface area contributed by atoms with E-state index in [-0.39, 0.29) is 17.6 Å². The number of H-pyrrole nitrogens is 1. The van der Waals surface area contributed by atoms with Crippen molar-refractivity contribution in [1.29, 1.82) is 0 Å². The number of aromatic amines is 1.